The normalized spacial score (nSPS) is 25.1. The van der Waals surface area contributed by atoms with Gasteiger partial charge in [-0.15, -0.1) is 0 Å². The zero-order valence-electron chi connectivity index (χ0n) is 12.8. The van der Waals surface area contributed by atoms with E-state index in [4.69, 9.17) is 4.42 Å². The van der Waals surface area contributed by atoms with E-state index >= 15 is 0 Å². The molecule has 3 heteroatoms. The molecule has 0 radical (unpaired) electrons. The Morgan fingerprint density at radius 3 is 2.95 bits per heavy atom. The number of hydrogen-bond acceptors (Lipinski definition) is 3. The number of likely N-dealkylation sites (tertiary alicyclic amines) is 1. The Morgan fingerprint density at radius 1 is 1.42 bits per heavy atom. The highest BCUT2D eigenvalue weighted by Gasteiger charge is 2.25. The molecule has 1 saturated heterocycles. The lowest BCUT2D eigenvalue weighted by Crippen LogP contribution is -2.41. The van der Waals surface area contributed by atoms with Crippen LogP contribution in [0.15, 0.2) is 16.7 Å². The Hall–Kier alpha value is -0.800. The van der Waals surface area contributed by atoms with Crippen LogP contribution in [0.4, 0.5) is 0 Å². The molecule has 1 fully saturated rings. The fourth-order valence-electron chi connectivity index (χ4n) is 2.81. The zero-order chi connectivity index (χ0) is 13.8. The van der Waals surface area contributed by atoms with Gasteiger partial charge < -0.3 is 9.73 Å². The lowest BCUT2D eigenvalue weighted by Gasteiger charge is -2.37. The lowest BCUT2D eigenvalue weighted by atomic mass is 9.92. The Bertz CT molecular complexity index is 386. The van der Waals surface area contributed by atoms with Crippen molar-refractivity contribution in [2.45, 2.75) is 65.7 Å². The van der Waals surface area contributed by atoms with Gasteiger partial charge in [0, 0.05) is 24.2 Å². The molecule has 0 spiro atoms. The van der Waals surface area contributed by atoms with Gasteiger partial charge in [0.1, 0.15) is 5.76 Å². The van der Waals surface area contributed by atoms with Crippen LogP contribution in [0, 0.1) is 5.92 Å². The van der Waals surface area contributed by atoms with E-state index in [2.05, 4.69) is 44.0 Å². The third-order valence-corrected chi connectivity index (χ3v) is 4.39. The molecular formula is C16H28N2O. The molecule has 0 bridgehead atoms. The highest BCUT2D eigenvalue weighted by Crippen LogP contribution is 2.25. The number of furan rings is 1. The van der Waals surface area contributed by atoms with E-state index in [0.717, 1.165) is 24.8 Å². The summed E-state index contributed by atoms with van der Waals surface area (Å²) in [4.78, 5) is 2.56. The largest absolute Gasteiger partial charge is 0.468 e. The standard InChI is InChI=1S/C16H28N2O/c1-12(2)17-10-15-7-9-19-16(15)11-18-8-5-6-13(3)14(18)4/h7,9,12-14,17H,5-6,8,10-11H2,1-4H3. The minimum absolute atomic E-state index is 0.511. The summed E-state index contributed by atoms with van der Waals surface area (Å²) in [5.74, 6) is 1.93. The Morgan fingerprint density at radius 2 is 2.21 bits per heavy atom. The summed E-state index contributed by atoms with van der Waals surface area (Å²) in [5.41, 5.74) is 1.30. The molecule has 3 nitrogen and oxygen atoms in total. The van der Waals surface area contributed by atoms with Crippen LogP contribution in [0.2, 0.25) is 0 Å². The molecule has 2 atom stereocenters. The first-order chi connectivity index (χ1) is 9.08. The molecule has 0 aromatic carbocycles. The van der Waals surface area contributed by atoms with Crippen molar-refractivity contribution >= 4 is 0 Å². The number of piperidine rings is 1. The average Bonchev–Trinajstić information content (AvgIpc) is 2.80. The van der Waals surface area contributed by atoms with Gasteiger partial charge in [-0.2, -0.15) is 0 Å². The lowest BCUT2D eigenvalue weighted by molar-refractivity contribution is 0.0982. The smallest absolute Gasteiger partial charge is 0.122 e. The fraction of sp³-hybridized carbons (Fsp3) is 0.750. The molecule has 19 heavy (non-hydrogen) atoms. The van der Waals surface area contributed by atoms with Gasteiger partial charge in [-0.1, -0.05) is 20.8 Å². The molecule has 108 valence electrons. The SMILES string of the molecule is CC(C)NCc1ccoc1CN1CCCC(C)C1C. The Labute approximate surface area is 117 Å². The van der Waals surface area contributed by atoms with Crippen LogP contribution >= 0.6 is 0 Å². The van der Waals surface area contributed by atoms with E-state index in [0.29, 0.717) is 12.1 Å². The maximum absolute atomic E-state index is 5.70. The number of rotatable bonds is 5. The van der Waals surface area contributed by atoms with Gasteiger partial charge in [0.05, 0.1) is 12.8 Å². The summed E-state index contributed by atoms with van der Waals surface area (Å²) in [7, 11) is 0. The quantitative estimate of drug-likeness (QED) is 0.883. The van der Waals surface area contributed by atoms with Crippen molar-refractivity contribution in [3.05, 3.63) is 23.7 Å². The first-order valence-electron chi connectivity index (χ1n) is 7.60. The summed E-state index contributed by atoms with van der Waals surface area (Å²) < 4.78 is 5.70. The molecule has 2 unspecified atom stereocenters. The second-order valence-electron chi connectivity index (χ2n) is 6.24. The minimum Gasteiger partial charge on any atom is -0.468 e. The van der Waals surface area contributed by atoms with Crippen molar-refractivity contribution in [3.63, 3.8) is 0 Å². The van der Waals surface area contributed by atoms with E-state index < -0.39 is 0 Å². The van der Waals surface area contributed by atoms with Crippen LogP contribution in [-0.2, 0) is 13.1 Å². The van der Waals surface area contributed by atoms with Gasteiger partial charge in [-0.25, -0.2) is 0 Å². The summed E-state index contributed by atoms with van der Waals surface area (Å²) in [6.45, 7) is 12.1. The third kappa shape index (κ3) is 3.83. The second-order valence-corrected chi connectivity index (χ2v) is 6.24. The van der Waals surface area contributed by atoms with Gasteiger partial charge in [0.15, 0.2) is 0 Å². The first kappa shape index (κ1) is 14.6. The van der Waals surface area contributed by atoms with Crippen molar-refractivity contribution in [1.29, 1.82) is 0 Å². The summed E-state index contributed by atoms with van der Waals surface area (Å²) >= 11 is 0. The van der Waals surface area contributed by atoms with Crippen molar-refractivity contribution in [1.82, 2.24) is 10.2 Å². The topological polar surface area (TPSA) is 28.4 Å². The van der Waals surface area contributed by atoms with Crippen LogP contribution in [0.3, 0.4) is 0 Å². The molecule has 0 aliphatic carbocycles. The molecule has 0 amide bonds. The first-order valence-corrected chi connectivity index (χ1v) is 7.60. The number of nitrogens with zero attached hydrogens (tertiary/aromatic N) is 1. The molecule has 2 rings (SSSR count). The monoisotopic (exact) mass is 264 g/mol. The van der Waals surface area contributed by atoms with E-state index in [1.54, 1.807) is 0 Å². The van der Waals surface area contributed by atoms with Gasteiger partial charge >= 0.3 is 0 Å². The van der Waals surface area contributed by atoms with Gasteiger partial charge in [-0.05, 0) is 38.3 Å². The molecule has 1 aromatic heterocycles. The maximum atomic E-state index is 5.70. The highest BCUT2D eigenvalue weighted by molar-refractivity contribution is 5.17. The van der Waals surface area contributed by atoms with Gasteiger partial charge in [0.2, 0.25) is 0 Å². The summed E-state index contributed by atoms with van der Waals surface area (Å²) in [5, 5.41) is 3.47. The predicted octanol–water partition coefficient (Wildman–Crippen LogP) is 3.40. The van der Waals surface area contributed by atoms with E-state index in [-0.39, 0.29) is 0 Å². The molecule has 1 aliphatic rings. The van der Waals surface area contributed by atoms with Crippen molar-refractivity contribution in [2.24, 2.45) is 5.92 Å². The van der Waals surface area contributed by atoms with Crippen LogP contribution in [0.25, 0.3) is 0 Å². The van der Waals surface area contributed by atoms with Crippen molar-refractivity contribution in [2.75, 3.05) is 6.54 Å². The van der Waals surface area contributed by atoms with Crippen LogP contribution in [-0.4, -0.2) is 23.5 Å². The maximum Gasteiger partial charge on any atom is 0.122 e. The number of hydrogen-bond donors (Lipinski definition) is 1. The third-order valence-electron chi connectivity index (χ3n) is 4.39. The Kier molecular flexibility index (Phi) is 5.06. The molecular weight excluding hydrogens is 236 g/mol. The molecule has 2 heterocycles. The Balaban J connectivity index is 1.96. The minimum atomic E-state index is 0.511. The van der Waals surface area contributed by atoms with E-state index in [1.165, 1.54) is 24.9 Å². The highest BCUT2D eigenvalue weighted by atomic mass is 16.3. The van der Waals surface area contributed by atoms with Crippen LogP contribution in [0.1, 0.15) is 51.9 Å². The molecule has 1 N–H and O–H groups in total. The van der Waals surface area contributed by atoms with Crippen LogP contribution < -0.4 is 5.32 Å². The molecule has 1 aromatic rings. The van der Waals surface area contributed by atoms with Gasteiger partial charge in [-0.3, -0.25) is 4.90 Å². The molecule has 0 saturated carbocycles. The number of nitrogens with one attached hydrogen (secondary N) is 1. The van der Waals surface area contributed by atoms with E-state index in [1.807, 2.05) is 6.26 Å². The van der Waals surface area contributed by atoms with Crippen LogP contribution in [0.5, 0.6) is 0 Å². The van der Waals surface area contributed by atoms with Crippen molar-refractivity contribution < 1.29 is 4.42 Å². The van der Waals surface area contributed by atoms with Crippen molar-refractivity contribution in [3.8, 4) is 0 Å². The average molecular weight is 264 g/mol. The zero-order valence-corrected chi connectivity index (χ0v) is 12.8. The summed E-state index contributed by atoms with van der Waals surface area (Å²) in [6.07, 6.45) is 4.49. The second kappa shape index (κ2) is 6.58. The fourth-order valence-corrected chi connectivity index (χ4v) is 2.81. The molecule has 1 aliphatic heterocycles. The van der Waals surface area contributed by atoms with E-state index in [9.17, 15) is 0 Å². The predicted molar refractivity (Wildman–Crippen MR) is 79.0 cm³/mol. The summed E-state index contributed by atoms with van der Waals surface area (Å²) in [6, 6.07) is 3.27. The van der Waals surface area contributed by atoms with Gasteiger partial charge in [0.25, 0.3) is 0 Å².